The number of aryl methyl sites for hydroxylation is 1. The van der Waals surface area contributed by atoms with E-state index < -0.39 is 7.14 Å². The van der Waals surface area contributed by atoms with E-state index in [1.807, 2.05) is 39.6 Å². The third-order valence-corrected chi connectivity index (χ3v) is 5.09. The van der Waals surface area contributed by atoms with Crippen LogP contribution in [0.3, 0.4) is 0 Å². The van der Waals surface area contributed by atoms with E-state index in [4.69, 9.17) is 0 Å². The van der Waals surface area contributed by atoms with Gasteiger partial charge in [-0.05, 0) is 18.6 Å². The fourth-order valence-electron chi connectivity index (χ4n) is 1.23. The summed E-state index contributed by atoms with van der Waals surface area (Å²) in [5.41, 5.74) is 1.31. The van der Waals surface area contributed by atoms with Crippen molar-refractivity contribution in [1.29, 1.82) is 0 Å². The number of rotatable bonds is 3. The lowest BCUT2D eigenvalue weighted by molar-refractivity contribution is 0.585. The zero-order chi connectivity index (χ0) is 11.9. The molecular weight excluding hydrogens is 203 g/mol. The zero-order valence-corrected chi connectivity index (χ0v) is 11.5. The zero-order valence-electron chi connectivity index (χ0n) is 10.6. The van der Waals surface area contributed by atoms with E-state index in [1.165, 1.54) is 5.56 Å². The molecule has 0 aromatic heterocycles. The summed E-state index contributed by atoms with van der Waals surface area (Å²) in [5.74, 6) is 0. The SMILES string of the molecule is CC.CCc1ccc(P(C)(=O)CC)cc1. The summed E-state index contributed by atoms with van der Waals surface area (Å²) in [5, 5.41) is 1.01. The molecule has 0 bridgehead atoms. The van der Waals surface area contributed by atoms with Crippen molar-refractivity contribution in [3.05, 3.63) is 29.8 Å². The Morgan fingerprint density at radius 2 is 1.53 bits per heavy atom. The van der Waals surface area contributed by atoms with Crippen LogP contribution in [-0.4, -0.2) is 12.8 Å². The lowest BCUT2D eigenvalue weighted by atomic mass is 10.2. The molecule has 86 valence electrons. The normalized spacial score (nSPS) is 13.7. The summed E-state index contributed by atoms with van der Waals surface area (Å²) >= 11 is 0. The molecule has 0 aliphatic carbocycles. The first-order chi connectivity index (χ1) is 7.10. The van der Waals surface area contributed by atoms with Crippen LogP contribution in [0.1, 0.15) is 33.3 Å². The van der Waals surface area contributed by atoms with Crippen LogP contribution in [0.25, 0.3) is 0 Å². The van der Waals surface area contributed by atoms with Crippen molar-refractivity contribution in [2.24, 2.45) is 0 Å². The first kappa shape index (κ1) is 14.5. The molecule has 2 heteroatoms. The van der Waals surface area contributed by atoms with Gasteiger partial charge in [-0.25, -0.2) is 0 Å². The third-order valence-electron chi connectivity index (χ3n) is 2.49. The second kappa shape index (κ2) is 6.85. The van der Waals surface area contributed by atoms with Gasteiger partial charge >= 0.3 is 0 Å². The molecule has 0 N–H and O–H groups in total. The van der Waals surface area contributed by atoms with Crippen molar-refractivity contribution >= 4 is 12.4 Å². The molecule has 0 spiro atoms. The van der Waals surface area contributed by atoms with Gasteiger partial charge in [0.2, 0.25) is 0 Å². The average Bonchev–Trinajstić information content (AvgIpc) is 2.32. The minimum atomic E-state index is -2.06. The smallest absolute Gasteiger partial charge is 0.112 e. The van der Waals surface area contributed by atoms with Gasteiger partial charge in [0, 0.05) is 11.5 Å². The van der Waals surface area contributed by atoms with Crippen LogP contribution >= 0.6 is 7.14 Å². The van der Waals surface area contributed by atoms with E-state index in [0.29, 0.717) is 0 Å². The maximum absolute atomic E-state index is 12.0. The molecule has 1 atom stereocenters. The van der Waals surface area contributed by atoms with Crippen molar-refractivity contribution in [3.63, 3.8) is 0 Å². The molecule has 1 aromatic carbocycles. The highest BCUT2D eigenvalue weighted by Crippen LogP contribution is 2.38. The summed E-state index contributed by atoms with van der Waals surface area (Å²) in [7, 11) is -2.06. The van der Waals surface area contributed by atoms with Gasteiger partial charge in [-0.3, -0.25) is 0 Å². The molecule has 0 aliphatic heterocycles. The Balaban J connectivity index is 0.000000921. The predicted molar refractivity (Wildman–Crippen MR) is 70.9 cm³/mol. The highest BCUT2D eigenvalue weighted by atomic mass is 31.2. The largest absolute Gasteiger partial charge is 0.319 e. The fourth-order valence-corrected chi connectivity index (χ4v) is 2.37. The monoisotopic (exact) mass is 226 g/mol. The van der Waals surface area contributed by atoms with Gasteiger partial charge in [-0.15, -0.1) is 0 Å². The van der Waals surface area contributed by atoms with E-state index in [-0.39, 0.29) is 0 Å². The highest BCUT2D eigenvalue weighted by Gasteiger charge is 2.14. The Bertz CT molecular complexity index is 314. The van der Waals surface area contributed by atoms with Crippen molar-refractivity contribution in [3.8, 4) is 0 Å². The average molecular weight is 226 g/mol. The van der Waals surface area contributed by atoms with Crippen LogP contribution in [0.5, 0.6) is 0 Å². The van der Waals surface area contributed by atoms with Crippen LogP contribution in [0.15, 0.2) is 24.3 Å². The molecule has 15 heavy (non-hydrogen) atoms. The molecule has 1 unspecified atom stereocenters. The molecule has 0 saturated carbocycles. The second-order valence-corrected chi connectivity index (χ2v) is 6.79. The van der Waals surface area contributed by atoms with Gasteiger partial charge in [0.05, 0.1) is 0 Å². The van der Waals surface area contributed by atoms with Crippen molar-refractivity contribution < 1.29 is 4.57 Å². The summed E-state index contributed by atoms with van der Waals surface area (Å²) in [6, 6.07) is 8.15. The van der Waals surface area contributed by atoms with E-state index in [1.54, 1.807) is 0 Å². The van der Waals surface area contributed by atoms with Gasteiger partial charge < -0.3 is 4.57 Å². The molecule has 0 radical (unpaired) electrons. The van der Waals surface area contributed by atoms with Gasteiger partial charge in [-0.2, -0.15) is 0 Å². The Hall–Kier alpha value is -0.550. The molecule has 1 nitrogen and oxygen atoms in total. The number of hydrogen-bond acceptors (Lipinski definition) is 1. The second-order valence-electron chi connectivity index (χ2n) is 3.44. The molecule has 0 fully saturated rings. The Morgan fingerprint density at radius 3 is 1.87 bits per heavy atom. The van der Waals surface area contributed by atoms with Crippen LogP contribution in [0.4, 0.5) is 0 Å². The van der Waals surface area contributed by atoms with Gasteiger partial charge in [-0.1, -0.05) is 52.0 Å². The quantitative estimate of drug-likeness (QED) is 0.714. The summed E-state index contributed by atoms with van der Waals surface area (Å²) in [6.45, 7) is 9.96. The van der Waals surface area contributed by atoms with Crippen molar-refractivity contribution in [1.82, 2.24) is 0 Å². The van der Waals surface area contributed by atoms with E-state index in [0.717, 1.165) is 17.9 Å². The summed E-state index contributed by atoms with van der Waals surface area (Å²) in [6.07, 6.45) is 1.79. The standard InChI is InChI=1S/C11H17OP.C2H6/c1-4-10-6-8-11(9-7-10)13(3,12)5-2;1-2/h6-9H,4-5H2,1-3H3;1-2H3. The molecule has 0 aliphatic rings. The fraction of sp³-hybridized carbons (Fsp3) is 0.538. The van der Waals surface area contributed by atoms with Crippen LogP contribution in [-0.2, 0) is 11.0 Å². The predicted octanol–water partition coefficient (Wildman–Crippen LogP) is 3.91. The topological polar surface area (TPSA) is 17.1 Å². The Kier molecular flexibility index (Phi) is 6.60. The van der Waals surface area contributed by atoms with Gasteiger partial charge in [0.15, 0.2) is 0 Å². The molecule has 0 saturated heterocycles. The van der Waals surface area contributed by atoms with Crippen LogP contribution in [0, 0.1) is 0 Å². The molecule has 0 amide bonds. The molecule has 1 rings (SSSR count). The van der Waals surface area contributed by atoms with E-state index in [9.17, 15) is 4.57 Å². The van der Waals surface area contributed by atoms with Gasteiger partial charge in [0.1, 0.15) is 7.14 Å². The Labute approximate surface area is 94.3 Å². The van der Waals surface area contributed by atoms with Crippen LogP contribution < -0.4 is 5.30 Å². The maximum atomic E-state index is 12.0. The first-order valence-corrected chi connectivity index (χ1v) is 8.10. The molecule has 1 aromatic rings. The third kappa shape index (κ3) is 4.22. The van der Waals surface area contributed by atoms with Crippen LogP contribution in [0.2, 0.25) is 0 Å². The summed E-state index contributed by atoms with van der Waals surface area (Å²) < 4.78 is 12.0. The van der Waals surface area contributed by atoms with Crippen molar-refractivity contribution in [2.45, 2.75) is 34.1 Å². The van der Waals surface area contributed by atoms with E-state index in [2.05, 4.69) is 19.1 Å². The molecular formula is C13H23OP. The molecule has 0 heterocycles. The minimum Gasteiger partial charge on any atom is -0.319 e. The minimum absolute atomic E-state index is 0.748. The first-order valence-electron chi connectivity index (χ1n) is 5.76. The number of benzene rings is 1. The van der Waals surface area contributed by atoms with E-state index >= 15 is 0 Å². The number of hydrogen-bond donors (Lipinski definition) is 0. The van der Waals surface area contributed by atoms with Gasteiger partial charge in [0.25, 0.3) is 0 Å². The summed E-state index contributed by atoms with van der Waals surface area (Å²) in [4.78, 5) is 0. The lowest BCUT2D eigenvalue weighted by Gasteiger charge is -2.10. The van der Waals surface area contributed by atoms with Crippen molar-refractivity contribution in [2.75, 3.05) is 12.8 Å². The lowest BCUT2D eigenvalue weighted by Crippen LogP contribution is -2.05. The Morgan fingerprint density at radius 1 is 1.07 bits per heavy atom. The maximum Gasteiger partial charge on any atom is 0.112 e. The highest BCUT2D eigenvalue weighted by molar-refractivity contribution is 7.70.